The maximum absolute atomic E-state index is 12.9. The highest BCUT2D eigenvalue weighted by atomic mass is 16.5. The molecule has 3 aromatic rings. The summed E-state index contributed by atoms with van der Waals surface area (Å²) in [6.45, 7) is 3.96. The van der Waals surface area contributed by atoms with Crippen molar-refractivity contribution < 1.29 is 14.3 Å². The predicted molar refractivity (Wildman–Crippen MR) is 121 cm³/mol. The number of pyridine rings is 1. The molecule has 2 amide bonds. The quantitative estimate of drug-likeness (QED) is 0.513. The van der Waals surface area contributed by atoms with Gasteiger partial charge in [-0.3, -0.25) is 14.5 Å². The minimum Gasteiger partial charge on any atom is -0.375 e. The first-order valence-corrected chi connectivity index (χ1v) is 11.2. The molecule has 6 heterocycles. The Balaban J connectivity index is 1.50. The molecule has 11 nitrogen and oxygen atoms in total. The highest BCUT2D eigenvalue weighted by Crippen LogP contribution is 2.32. The lowest BCUT2D eigenvalue weighted by atomic mass is 10.2. The molecule has 0 saturated carbocycles. The summed E-state index contributed by atoms with van der Waals surface area (Å²) in [5.74, 6) is 2.44. The van der Waals surface area contributed by atoms with Gasteiger partial charge >= 0.3 is 0 Å². The fraction of sp³-hybridized carbons (Fsp3) is 0.409. The van der Waals surface area contributed by atoms with Crippen LogP contribution < -0.4 is 20.9 Å². The van der Waals surface area contributed by atoms with Gasteiger partial charge in [0.05, 0.1) is 19.4 Å². The molecule has 33 heavy (non-hydrogen) atoms. The van der Waals surface area contributed by atoms with Crippen LogP contribution in [0.1, 0.15) is 41.3 Å². The van der Waals surface area contributed by atoms with Gasteiger partial charge in [0, 0.05) is 31.1 Å². The van der Waals surface area contributed by atoms with Gasteiger partial charge in [0.15, 0.2) is 5.65 Å². The van der Waals surface area contributed by atoms with Crippen LogP contribution >= 0.6 is 0 Å². The van der Waals surface area contributed by atoms with Gasteiger partial charge in [0.2, 0.25) is 5.91 Å². The molecule has 0 unspecified atom stereocenters. The molecule has 1 saturated heterocycles. The molecule has 11 heteroatoms. The van der Waals surface area contributed by atoms with Gasteiger partial charge in [-0.25, -0.2) is 9.97 Å². The van der Waals surface area contributed by atoms with Crippen molar-refractivity contribution in [3.8, 4) is 0 Å². The molecule has 3 N–H and O–H groups in total. The lowest BCUT2D eigenvalue weighted by Crippen LogP contribution is -2.36. The second-order valence-electron chi connectivity index (χ2n) is 8.64. The lowest BCUT2D eigenvalue weighted by Gasteiger charge is -2.19. The highest BCUT2D eigenvalue weighted by molar-refractivity contribution is 6.00. The summed E-state index contributed by atoms with van der Waals surface area (Å²) < 4.78 is 7.56. The Labute approximate surface area is 189 Å². The van der Waals surface area contributed by atoms with E-state index in [1.54, 1.807) is 9.42 Å². The van der Waals surface area contributed by atoms with Crippen molar-refractivity contribution >= 4 is 40.7 Å². The van der Waals surface area contributed by atoms with Crippen molar-refractivity contribution in [1.29, 1.82) is 0 Å². The number of carbonyl (C=O) groups excluding carboxylic acids is 2. The van der Waals surface area contributed by atoms with Gasteiger partial charge in [0.25, 0.3) is 5.91 Å². The van der Waals surface area contributed by atoms with Crippen LogP contribution in [0.15, 0.2) is 18.3 Å². The van der Waals surface area contributed by atoms with Gasteiger partial charge in [0.1, 0.15) is 28.8 Å². The molecule has 4 bridgehead atoms. The summed E-state index contributed by atoms with van der Waals surface area (Å²) in [7, 11) is 0. The van der Waals surface area contributed by atoms with Crippen molar-refractivity contribution in [3.05, 3.63) is 35.0 Å². The number of hydrogen-bond donors (Lipinski definition) is 3. The third-order valence-corrected chi connectivity index (χ3v) is 6.14. The molecule has 3 aromatic heterocycles. The summed E-state index contributed by atoms with van der Waals surface area (Å²) in [6.07, 6.45) is 3.66. The standard InChI is InChI=1S/C22H24N8O3/c1-12-10-33-11-13-7-16(26-17(8-13)29-6-2-3-18(29)31)27-19-14-4-5-23-20(14)30-21(28-19)15(9-24-30)22(32)25-12/h7-9,12,23H,2-6,10-11H2,1H3,(H,25,32)(H,26,27,28)/t12-/m1/s1. The first-order valence-electron chi connectivity index (χ1n) is 11.2. The van der Waals surface area contributed by atoms with E-state index in [4.69, 9.17) is 14.7 Å². The van der Waals surface area contributed by atoms with Crippen LogP contribution in [-0.4, -0.2) is 57.1 Å². The summed E-state index contributed by atoms with van der Waals surface area (Å²) in [6, 6.07) is 3.60. The van der Waals surface area contributed by atoms with Gasteiger partial charge in [-0.1, -0.05) is 0 Å². The van der Waals surface area contributed by atoms with Crippen LogP contribution in [-0.2, 0) is 22.6 Å². The SMILES string of the molecule is C[C@@H]1COCc2cc(nc(N3CCCC3=O)c2)Nc2nc3c(cnn3c3c2CCN3)C(=O)N1. The van der Waals surface area contributed by atoms with Crippen molar-refractivity contribution in [2.75, 3.05) is 35.2 Å². The third-order valence-electron chi connectivity index (χ3n) is 6.14. The average molecular weight is 448 g/mol. The van der Waals surface area contributed by atoms with E-state index in [0.29, 0.717) is 54.8 Å². The van der Waals surface area contributed by atoms with E-state index in [1.807, 2.05) is 19.1 Å². The second-order valence-corrected chi connectivity index (χ2v) is 8.64. The van der Waals surface area contributed by atoms with Crippen LogP contribution in [0.4, 0.5) is 23.3 Å². The van der Waals surface area contributed by atoms with Crippen molar-refractivity contribution in [1.82, 2.24) is 24.9 Å². The summed E-state index contributed by atoms with van der Waals surface area (Å²) >= 11 is 0. The molecule has 0 aromatic carbocycles. The van der Waals surface area contributed by atoms with Crippen LogP contribution in [0.25, 0.3) is 5.65 Å². The molecule has 1 atom stereocenters. The van der Waals surface area contributed by atoms with E-state index in [0.717, 1.165) is 36.3 Å². The van der Waals surface area contributed by atoms with E-state index in [-0.39, 0.29) is 17.9 Å². The summed E-state index contributed by atoms with van der Waals surface area (Å²) in [5, 5.41) is 14.1. The average Bonchev–Trinajstić information content (AvgIpc) is 3.52. The van der Waals surface area contributed by atoms with Crippen molar-refractivity contribution in [2.45, 2.75) is 38.8 Å². The number of nitrogens with zero attached hydrogens (tertiary/aromatic N) is 5. The number of nitrogens with one attached hydrogen (secondary N) is 3. The molecule has 6 rings (SSSR count). The fourth-order valence-corrected chi connectivity index (χ4v) is 4.58. The topological polar surface area (TPSA) is 126 Å². The fourth-order valence-electron chi connectivity index (χ4n) is 4.58. The first kappa shape index (κ1) is 19.9. The number of amides is 2. The normalized spacial score (nSPS) is 20.4. The Morgan fingerprint density at radius 1 is 1.18 bits per heavy atom. The van der Waals surface area contributed by atoms with E-state index < -0.39 is 0 Å². The molecular formula is C22H24N8O3. The van der Waals surface area contributed by atoms with Crippen molar-refractivity contribution in [3.63, 3.8) is 0 Å². The molecule has 0 radical (unpaired) electrons. The smallest absolute Gasteiger partial charge is 0.257 e. The molecule has 1 fully saturated rings. The van der Waals surface area contributed by atoms with Crippen LogP contribution in [0.5, 0.6) is 0 Å². The molecule has 0 aliphatic carbocycles. The van der Waals surface area contributed by atoms with Gasteiger partial charge in [-0.15, -0.1) is 0 Å². The van der Waals surface area contributed by atoms with Crippen molar-refractivity contribution in [2.24, 2.45) is 0 Å². The number of anilines is 4. The maximum atomic E-state index is 12.9. The third kappa shape index (κ3) is 3.44. The Morgan fingerprint density at radius 2 is 2.09 bits per heavy atom. The maximum Gasteiger partial charge on any atom is 0.257 e. The largest absolute Gasteiger partial charge is 0.375 e. The molecule has 0 spiro atoms. The number of aromatic nitrogens is 4. The molecular weight excluding hydrogens is 424 g/mol. The number of rotatable bonds is 1. The number of carbonyl (C=O) groups is 2. The second kappa shape index (κ2) is 7.69. The van der Waals surface area contributed by atoms with E-state index >= 15 is 0 Å². The van der Waals surface area contributed by atoms with Gasteiger partial charge in [-0.05, 0) is 37.5 Å². The first-order chi connectivity index (χ1) is 16.1. The zero-order valence-electron chi connectivity index (χ0n) is 18.2. The Kier molecular flexibility index (Phi) is 4.64. The van der Waals surface area contributed by atoms with E-state index in [1.165, 1.54) is 6.20 Å². The van der Waals surface area contributed by atoms with E-state index in [2.05, 4.69) is 21.0 Å². The Bertz CT molecular complexity index is 1290. The summed E-state index contributed by atoms with van der Waals surface area (Å²) in [4.78, 5) is 36.5. The highest BCUT2D eigenvalue weighted by Gasteiger charge is 2.27. The Morgan fingerprint density at radius 3 is 2.94 bits per heavy atom. The zero-order valence-corrected chi connectivity index (χ0v) is 18.2. The minimum absolute atomic E-state index is 0.0748. The number of fused-ring (bicyclic) bond motifs is 6. The number of hydrogen-bond acceptors (Lipinski definition) is 8. The van der Waals surface area contributed by atoms with Crippen LogP contribution in [0.2, 0.25) is 0 Å². The van der Waals surface area contributed by atoms with E-state index in [9.17, 15) is 9.59 Å². The van der Waals surface area contributed by atoms with Crippen LogP contribution in [0, 0.1) is 0 Å². The predicted octanol–water partition coefficient (Wildman–Crippen LogP) is 1.61. The van der Waals surface area contributed by atoms with Gasteiger partial charge < -0.3 is 20.7 Å². The molecule has 3 aliphatic heterocycles. The monoisotopic (exact) mass is 448 g/mol. The lowest BCUT2D eigenvalue weighted by molar-refractivity contribution is -0.117. The summed E-state index contributed by atoms with van der Waals surface area (Å²) in [5.41, 5.74) is 2.71. The zero-order chi connectivity index (χ0) is 22.5. The Hall–Kier alpha value is -3.73. The minimum atomic E-state index is -0.249. The molecule has 3 aliphatic rings. The molecule has 170 valence electrons. The van der Waals surface area contributed by atoms with Gasteiger partial charge in [-0.2, -0.15) is 9.61 Å². The van der Waals surface area contributed by atoms with Crippen LogP contribution in [0.3, 0.4) is 0 Å². The number of ether oxygens (including phenoxy) is 1.